The van der Waals surface area contributed by atoms with Crippen LogP contribution >= 0.6 is 0 Å². The van der Waals surface area contributed by atoms with Gasteiger partial charge in [-0.15, -0.1) is 0 Å². The minimum Gasteiger partial charge on any atom is -0.339 e. The summed E-state index contributed by atoms with van der Waals surface area (Å²) in [7, 11) is 0. The molecule has 0 aliphatic carbocycles. The van der Waals surface area contributed by atoms with Crippen LogP contribution in [0.2, 0.25) is 0 Å². The molecular formula is C14H25NO2. The zero-order chi connectivity index (χ0) is 12.7. The highest BCUT2D eigenvalue weighted by molar-refractivity contribution is 5.79. The van der Waals surface area contributed by atoms with Crippen LogP contribution in [-0.2, 0) is 9.59 Å². The van der Waals surface area contributed by atoms with E-state index in [2.05, 4.69) is 6.92 Å². The van der Waals surface area contributed by atoms with Crippen LogP contribution in [0.4, 0.5) is 0 Å². The van der Waals surface area contributed by atoms with E-state index in [1.807, 2.05) is 4.90 Å². The summed E-state index contributed by atoms with van der Waals surface area (Å²) in [5.41, 5.74) is 0. The highest BCUT2D eigenvalue weighted by Crippen LogP contribution is 2.21. The van der Waals surface area contributed by atoms with Gasteiger partial charge < -0.3 is 4.90 Å². The zero-order valence-corrected chi connectivity index (χ0v) is 11.2. The molecule has 0 aromatic rings. The Morgan fingerprint density at radius 2 is 2.00 bits per heavy atom. The Labute approximate surface area is 105 Å². The first-order chi connectivity index (χ1) is 8.15. The van der Waals surface area contributed by atoms with E-state index in [4.69, 9.17) is 0 Å². The number of rotatable bonds is 6. The molecule has 1 atom stereocenters. The van der Waals surface area contributed by atoms with Crippen molar-refractivity contribution < 1.29 is 9.59 Å². The number of nitrogens with zero attached hydrogens (tertiary/aromatic N) is 1. The van der Waals surface area contributed by atoms with E-state index < -0.39 is 0 Å². The SMILES string of the molecule is CCCCCC(=O)N1CCCCC1CC(C)=O. The fourth-order valence-corrected chi connectivity index (χ4v) is 2.54. The van der Waals surface area contributed by atoms with Crippen molar-refractivity contribution in [1.82, 2.24) is 4.90 Å². The quantitative estimate of drug-likeness (QED) is 0.668. The van der Waals surface area contributed by atoms with Crippen LogP contribution in [0, 0.1) is 0 Å². The summed E-state index contributed by atoms with van der Waals surface area (Å²) in [4.78, 5) is 25.2. The Bertz CT molecular complexity index is 263. The third kappa shape index (κ3) is 4.88. The number of carbonyl (C=O) groups excluding carboxylic acids is 2. The smallest absolute Gasteiger partial charge is 0.222 e. The van der Waals surface area contributed by atoms with Crippen LogP contribution in [0.25, 0.3) is 0 Å². The standard InChI is InChI=1S/C14H25NO2/c1-3-4-5-9-14(17)15-10-7-6-8-13(15)11-12(2)16/h13H,3-11H2,1-2H3. The summed E-state index contributed by atoms with van der Waals surface area (Å²) in [5, 5.41) is 0. The van der Waals surface area contributed by atoms with Gasteiger partial charge in [-0.25, -0.2) is 0 Å². The van der Waals surface area contributed by atoms with Crippen molar-refractivity contribution >= 4 is 11.7 Å². The molecule has 3 heteroatoms. The Kier molecular flexibility index (Phi) is 6.23. The summed E-state index contributed by atoms with van der Waals surface area (Å²) in [6, 6.07) is 0.176. The van der Waals surface area contributed by atoms with Crippen molar-refractivity contribution in [2.75, 3.05) is 6.54 Å². The Balaban J connectivity index is 2.45. The molecule has 0 saturated carbocycles. The number of hydrogen-bond acceptors (Lipinski definition) is 2. The number of Topliss-reactive ketones (excluding diaryl/α,β-unsaturated/α-hetero) is 1. The van der Waals surface area contributed by atoms with E-state index in [-0.39, 0.29) is 17.7 Å². The molecule has 1 saturated heterocycles. The molecule has 1 aliphatic rings. The number of ketones is 1. The van der Waals surface area contributed by atoms with Crippen molar-refractivity contribution in [3.05, 3.63) is 0 Å². The van der Waals surface area contributed by atoms with Crippen molar-refractivity contribution in [2.45, 2.75) is 71.3 Å². The molecule has 1 unspecified atom stereocenters. The average molecular weight is 239 g/mol. The molecule has 0 aromatic heterocycles. The fourth-order valence-electron chi connectivity index (χ4n) is 2.54. The molecule has 17 heavy (non-hydrogen) atoms. The largest absolute Gasteiger partial charge is 0.339 e. The van der Waals surface area contributed by atoms with Crippen molar-refractivity contribution in [1.29, 1.82) is 0 Å². The lowest BCUT2D eigenvalue weighted by Gasteiger charge is -2.35. The molecule has 1 amide bonds. The van der Waals surface area contributed by atoms with Gasteiger partial charge >= 0.3 is 0 Å². The second kappa shape index (κ2) is 7.46. The lowest BCUT2D eigenvalue weighted by Crippen LogP contribution is -2.44. The summed E-state index contributed by atoms with van der Waals surface area (Å²) >= 11 is 0. The van der Waals surface area contributed by atoms with E-state index in [0.29, 0.717) is 12.8 Å². The third-order valence-corrected chi connectivity index (χ3v) is 3.46. The Hall–Kier alpha value is -0.860. The molecule has 3 nitrogen and oxygen atoms in total. The van der Waals surface area contributed by atoms with Gasteiger partial charge in [0.2, 0.25) is 5.91 Å². The second-order valence-electron chi connectivity index (χ2n) is 5.10. The van der Waals surface area contributed by atoms with Gasteiger partial charge in [-0.05, 0) is 32.6 Å². The predicted octanol–water partition coefficient (Wildman–Crippen LogP) is 2.93. The van der Waals surface area contributed by atoms with Gasteiger partial charge in [0, 0.05) is 25.4 Å². The maximum absolute atomic E-state index is 12.1. The summed E-state index contributed by atoms with van der Waals surface area (Å²) < 4.78 is 0. The summed E-state index contributed by atoms with van der Waals surface area (Å²) in [6.45, 7) is 4.61. The molecule has 1 aliphatic heterocycles. The van der Waals surface area contributed by atoms with Crippen LogP contribution < -0.4 is 0 Å². The topological polar surface area (TPSA) is 37.4 Å². The van der Waals surface area contributed by atoms with Crippen LogP contribution in [-0.4, -0.2) is 29.2 Å². The monoisotopic (exact) mass is 239 g/mol. The van der Waals surface area contributed by atoms with E-state index in [0.717, 1.165) is 45.1 Å². The molecule has 98 valence electrons. The van der Waals surface area contributed by atoms with Gasteiger partial charge in [-0.2, -0.15) is 0 Å². The zero-order valence-electron chi connectivity index (χ0n) is 11.2. The number of piperidine rings is 1. The first-order valence-corrected chi connectivity index (χ1v) is 6.94. The first kappa shape index (κ1) is 14.2. The molecule has 0 bridgehead atoms. The minimum atomic E-state index is 0.176. The molecular weight excluding hydrogens is 214 g/mol. The van der Waals surface area contributed by atoms with Crippen LogP contribution in [0.1, 0.15) is 65.2 Å². The molecule has 0 N–H and O–H groups in total. The highest BCUT2D eigenvalue weighted by Gasteiger charge is 2.26. The van der Waals surface area contributed by atoms with E-state index in [1.165, 1.54) is 0 Å². The predicted molar refractivity (Wildman–Crippen MR) is 68.8 cm³/mol. The van der Waals surface area contributed by atoms with Crippen molar-refractivity contribution in [3.63, 3.8) is 0 Å². The van der Waals surface area contributed by atoms with Crippen LogP contribution in [0.3, 0.4) is 0 Å². The molecule has 0 radical (unpaired) electrons. The molecule has 1 fully saturated rings. The van der Waals surface area contributed by atoms with E-state index in [9.17, 15) is 9.59 Å². The van der Waals surface area contributed by atoms with Gasteiger partial charge in [0.25, 0.3) is 0 Å². The van der Waals surface area contributed by atoms with Gasteiger partial charge in [0.15, 0.2) is 0 Å². The number of carbonyl (C=O) groups is 2. The van der Waals surface area contributed by atoms with Crippen molar-refractivity contribution in [3.8, 4) is 0 Å². The fraction of sp³-hybridized carbons (Fsp3) is 0.857. The van der Waals surface area contributed by atoms with Crippen molar-refractivity contribution in [2.24, 2.45) is 0 Å². The van der Waals surface area contributed by atoms with Crippen LogP contribution in [0.5, 0.6) is 0 Å². The lowest BCUT2D eigenvalue weighted by molar-refractivity contribution is -0.135. The lowest BCUT2D eigenvalue weighted by atomic mass is 9.97. The maximum atomic E-state index is 12.1. The first-order valence-electron chi connectivity index (χ1n) is 6.94. The molecule has 0 spiro atoms. The van der Waals surface area contributed by atoms with Gasteiger partial charge in [-0.1, -0.05) is 19.8 Å². The number of amides is 1. The number of unbranched alkanes of at least 4 members (excludes halogenated alkanes) is 2. The molecule has 0 aromatic carbocycles. The number of likely N-dealkylation sites (tertiary alicyclic amines) is 1. The maximum Gasteiger partial charge on any atom is 0.222 e. The molecule has 1 rings (SSSR count). The van der Waals surface area contributed by atoms with Crippen LogP contribution in [0.15, 0.2) is 0 Å². The highest BCUT2D eigenvalue weighted by atomic mass is 16.2. The average Bonchev–Trinajstić information content (AvgIpc) is 2.29. The Morgan fingerprint density at radius 3 is 2.65 bits per heavy atom. The third-order valence-electron chi connectivity index (χ3n) is 3.46. The van der Waals surface area contributed by atoms with Gasteiger partial charge in [0.1, 0.15) is 5.78 Å². The normalized spacial score (nSPS) is 20.4. The number of hydrogen-bond donors (Lipinski definition) is 0. The van der Waals surface area contributed by atoms with E-state index >= 15 is 0 Å². The van der Waals surface area contributed by atoms with E-state index in [1.54, 1.807) is 6.92 Å². The van der Waals surface area contributed by atoms with Gasteiger partial charge in [-0.3, -0.25) is 9.59 Å². The summed E-state index contributed by atoms with van der Waals surface area (Å²) in [6.07, 6.45) is 7.69. The summed E-state index contributed by atoms with van der Waals surface area (Å²) in [5.74, 6) is 0.452. The molecule has 1 heterocycles. The second-order valence-corrected chi connectivity index (χ2v) is 5.10. The Morgan fingerprint density at radius 1 is 1.24 bits per heavy atom. The van der Waals surface area contributed by atoms with Gasteiger partial charge in [0.05, 0.1) is 0 Å². The minimum absolute atomic E-state index is 0.176.